The zero-order valence-electron chi connectivity index (χ0n) is 12.6. The van der Waals surface area contributed by atoms with Crippen molar-refractivity contribution in [1.29, 1.82) is 0 Å². The topological polar surface area (TPSA) is 53.8 Å². The molecule has 1 aromatic carbocycles. The Morgan fingerprint density at radius 2 is 1.78 bits per heavy atom. The van der Waals surface area contributed by atoms with E-state index in [9.17, 15) is 9.59 Å². The second-order valence-corrected chi connectivity index (χ2v) is 5.56. The predicted octanol–water partition coefficient (Wildman–Crippen LogP) is 2.76. The Hall–Kier alpha value is -2.73. The summed E-state index contributed by atoms with van der Waals surface area (Å²) in [6.45, 7) is 1.96. The molecule has 0 aliphatic carbocycles. The maximum absolute atomic E-state index is 12.8. The van der Waals surface area contributed by atoms with Crippen LogP contribution in [0.3, 0.4) is 0 Å². The Morgan fingerprint density at radius 3 is 2.39 bits per heavy atom. The number of carbonyl (C=O) groups excluding carboxylic acids is 2. The number of thiocarbonyl (C=S) groups is 1. The molecule has 2 aromatic rings. The number of carbonyl (C=O) groups is 2. The van der Waals surface area contributed by atoms with Gasteiger partial charge in [-0.3, -0.25) is 19.4 Å². The normalized spacial score (nSPS) is 17.3. The van der Waals surface area contributed by atoms with Gasteiger partial charge in [0.05, 0.1) is 12.0 Å². The van der Waals surface area contributed by atoms with E-state index < -0.39 is 11.8 Å². The zero-order chi connectivity index (χ0) is 16.6. The summed E-state index contributed by atoms with van der Waals surface area (Å²) in [5.74, 6) is -0.468. The quantitative estimate of drug-likeness (QED) is 0.484. The van der Waals surface area contributed by atoms with Gasteiger partial charge in [-0.05, 0) is 49.5 Å². The summed E-state index contributed by atoms with van der Waals surface area (Å²) in [5.41, 5.74) is 1.70. The van der Waals surface area contributed by atoms with Crippen LogP contribution in [0.2, 0.25) is 0 Å². The number of benzene rings is 1. The SMILES string of the molecule is Cc1ccc(N2C(=O)C(=Cc3ccco3)C(=O)N(C)C2=S)cc1. The standard InChI is InChI=1S/C17H14N2O3S/c1-11-5-7-12(8-6-11)19-16(21)14(10-13-4-3-9-22-13)15(20)18(2)17(19)23/h3-10H,1-2H3. The van der Waals surface area contributed by atoms with E-state index in [1.807, 2.05) is 19.1 Å². The first-order valence-electron chi connectivity index (χ1n) is 6.97. The molecule has 23 heavy (non-hydrogen) atoms. The lowest BCUT2D eigenvalue weighted by Gasteiger charge is -2.34. The molecule has 0 N–H and O–H groups in total. The predicted molar refractivity (Wildman–Crippen MR) is 90.7 cm³/mol. The van der Waals surface area contributed by atoms with E-state index in [1.165, 1.54) is 22.1 Å². The molecular formula is C17H14N2O3S. The van der Waals surface area contributed by atoms with Gasteiger partial charge in [-0.2, -0.15) is 0 Å². The molecule has 1 aliphatic heterocycles. The molecule has 116 valence electrons. The fraction of sp³-hybridized carbons (Fsp3) is 0.118. The van der Waals surface area contributed by atoms with E-state index in [4.69, 9.17) is 16.6 Å². The van der Waals surface area contributed by atoms with Gasteiger partial charge in [-0.25, -0.2) is 0 Å². The number of likely N-dealkylation sites (N-methyl/N-ethyl adjacent to an activating group) is 1. The Bertz CT molecular complexity index is 807. The van der Waals surface area contributed by atoms with E-state index in [-0.39, 0.29) is 10.7 Å². The van der Waals surface area contributed by atoms with Crippen molar-refractivity contribution in [3.63, 3.8) is 0 Å². The summed E-state index contributed by atoms with van der Waals surface area (Å²) >= 11 is 5.28. The van der Waals surface area contributed by atoms with Crippen LogP contribution in [-0.4, -0.2) is 28.9 Å². The van der Waals surface area contributed by atoms with Crippen molar-refractivity contribution in [1.82, 2.24) is 4.90 Å². The van der Waals surface area contributed by atoms with Crippen molar-refractivity contribution in [3.05, 3.63) is 59.6 Å². The number of nitrogens with zero attached hydrogens (tertiary/aromatic N) is 2. The first-order chi connectivity index (χ1) is 11.0. The van der Waals surface area contributed by atoms with Gasteiger partial charge < -0.3 is 4.42 Å². The molecule has 5 nitrogen and oxygen atoms in total. The van der Waals surface area contributed by atoms with Gasteiger partial charge in [0, 0.05) is 7.05 Å². The molecule has 0 radical (unpaired) electrons. The molecule has 1 saturated heterocycles. The lowest BCUT2D eigenvalue weighted by molar-refractivity contribution is -0.127. The van der Waals surface area contributed by atoms with Crippen LogP contribution in [0.15, 0.2) is 52.7 Å². The summed E-state index contributed by atoms with van der Waals surface area (Å²) in [7, 11) is 1.55. The van der Waals surface area contributed by atoms with Crippen LogP contribution in [0.1, 0.15) is 11.3 Å². The highest BCUT2D eigenvalue weighted by molar-refractivity contribution is 7.80. The van der Waals surface area contributed by atoms with Gasteiger partial charge in [-0.1, -0.05) is 17.7 Å². The smallest absolute Gasteiger partial charge is 0.270 e. The molecule has 6 heteroatoms. The van der Waals surface area contributed by atoms with Crippen molar-refractivity contribution in [2.75, 3.05) is 11.9 Å². The minimum absolute atomic E-state index is 0.0108. The Balaban J connectivity index is 2.06. The van der Waals surface area contributed by atoms with Crippen molar-refractivity contribution in [2.45, 2.75) is 6.92 Å². The van der Waals surface area contributed by atoms with E-state index in [1.54, 1.807) is 31.3 Å². The van der Waals surface area contributed by atoms with Crippen LogP contribution in [0, 0.1) is 6.92 Å². The zero-order valence-corrected chi connectivity index (χ0v) is 13.5. The van der Waals surface area contributed by atoms with E-state index in [0.29, 0.717) is 11.4 Å². The average molecular weight is 326 g/mol. The van der Waals surface area contributed by atoms with Crippen molar-refractivity contribution in [2.24, 2.45) is 0 Å². The second kappa shape index (κ2) is 5.81. The summed E-state index contributed by atoms with van der Waals surface area (Å²) in [4.78, 5) is 27.8. The lowest BCUT2D eigenvalue weighted by atomic mass is 10.1. The fourth-order valence-corrected chi connectivity index (χ4v) is 2.55. The third-order valence-electron chi connectivity index (χ3n) is 3.57. The fourth-order valence-electron chi connectivity index (χ4n) is 2.28. The number of anilines is 1. The summed E-state index contributed by atoms with van der Waals surface area (Å²) in [5, 5.41) is 0.153. The van der Waals surface area contributed by atoms with Crippen LogP contribution in [0.4, 0.5) is 5.69 Å². The first kappa shape index (κ1) is 15.2. The van der Waals surface area contributed by atoms with Crippen molar-refractivity contribution < 1.29 is 14.0 Å². The van der Waals surface area contributed by atoms with Crippen LogP contribution in [0.25, 0.3) is 6.08 Å². The molecule has 0 saturated carbocycles. The number of hydrogen-bond acceptors (Lipinski definition) is 4. The van der Waals surface area contributed by atoms with E-state index >= 15 is 0 Å². The van der Waals surface area contributed by atoms with Crippen LogP contribution >= 0.6 is 12.2 Å². The summed E-state index contributed by atoms with van der Waals surface area (Å²) in [6, 6.07) is 10.7. The Kier molecular flexibility index (Phi) is 3.83. The molecule has 0 spiro atoms. The molecular weight excluding hydrogens is 312 g/mol. The third-order valence-corrected chi connectivity index (χ3v) is 4.03. The molecule has 1 aromatic heterocycles. The van der Waals surface area contributed by atoms with Crippen LogP contribution in [0.5, 0.6) is 0 Å². The molecule has 2 heterocycles. The lowest BCUT2D eigenvalue weighted by Crippen LogP contribution is -2.54. The maximum Gasteiger partial charge on any atom is 0.270 e. The van der Waals surface area contributed by atoms with Gasteiger partial charge in [0.1, 0.15) is 11.3 Å². The second-order valence-electron chi connectivity index (χ2n) is 5.20. The summed E-state index contributed by atoms with van der Waals surface area (Å²) in [6.07, 6.45) is 2.92. The minimum atomic E-state index is -0.460. The molecule has 1 fully saturated rings. The van der Waals surface area contributed by atoms with E-state index in [2.05, 4.69) is 0 Å². The number of rotatable bonds is 2. The van der Waals surface area contributed by atoms with Crippen molar-refractivity contribution >= 4 is 40.9 Å². The maximum atomic E-state index is 12.8. The summed E-state index contributed by atoms with van der Waals surface area (Å²) < 4.78 is 5.20. The average Bonchev–Trinajstić information content (AvgIpc) is 3.05. The van der Waals surface area contributed by atoms with Crippen molar-refractivity contribution in [3.8, 4) is 0 Å². The third kappa shape index (κ3) is 2.68. The number of aryl methyl sites for hydroxylation is 1. The minimum Gasteiger partial charge on any atom is -0.465 e. The Labute approximate surface area is 138 Å². The highest BCUT2D eigenvalue weighted by Crippen LogP contribution is 2.25. The monoisotopic (exact) mass is 326 g/mol. The molecule has 3 rings (SSSR count). The van der Waals surface area contributed by atoms with Crippen LogP contribution in [-0.2, 0) is 9.59 Å². The number of amides is 2. The van der Waals surface area contributed by atoms with Gasteiger partial charge in [-0.15, -0.1) is 0 Å². The molecule has 0 bridgehead atoms. The van der Waals surface area contributed by atoms with Crippen LogP contribution < -0.4 is 4.90 Å². The molecule has 1 aliphatic rings. The molecule has 0 unspecified atom stereocenters. The van der Waals surface area contributed by atoms with E-state index in [0.717, 1.165) is 5.56 Å². The Morgan fingerprint density at radius 1 is 1.09 bits per heavy atom. The first-order valence-corrected chi connectivity index (χ1v) is 7.38. The largest absolute Gasteiger partial charge is 0.465 e. The molecule has 0 atom stereocenters. The highest BCUT2D eigenvalue weighted by atomic mass is 32.1. The van der Waals surface area contributed by atoms with Gasteiger partial charge >= 0.3 is 0 Å². The van der Waals surface area contributed by atoms with Gasteiger partial charge in [0.15, 0.2) is 5.11 Å². The van der Waals surface area contributed by atoms with Gasteiger partial charge in [0.25, 0.3) is 11.8 Å². The number of hydrogen-bond donors (Lipinski definition) is 0. The molecule has 2 amide bonds. The highest BCUT2D eigenvalue weighted by Gasteiger charge is 2.38. The number of furan rings is 1. The van der Waals surface area contributed by atoms with Gasteiger partial charge in [0.2, 0.25) is 0 Å².